The first-order valence-corrected chi connectivity index (χ1v) is 5.94. The smallest absolute Gasteiger partial charge is 0.338 e. The van der Waals surface area contributed by atoms with Crippen LogP contribution in [-0.4, -0.2) is 39.5 Å². The zero-order valence-electron chi connectivity index (χ0n) is 11.0. The topological polar surface area (TPSA) is 44.8 Å². The molecular formula is C13H15F3O4. The van der Waals surface area contributed by atoms with Gasteiger partial charge in [-0.15, -0.1) is 0 Å². The lowest BCUT2D eigenvalue weighted by atomic mass is 10.2. The van der Waals surface area contributed by atoms with Crippen LogP contribution < -0.4 is 0 Å². The van der Waals surface area contributed by atoms with Crippen LogP contribution in [0.3, 0.4) is 0 Å². The number of rotatable bonds is 8. The number of carbonyl (C=O) groups is 1. The molecule has 0 atom stereocenters. The van der Waals surface area contributed by atoms with E-state index in [0.717, 1.165) is 0 Å². The zero-order chi connectivity index (χ0) is 15.0. The van der Waals surface area contributed by atoms with Gasteiger partial charge in [0.25, 0.3) is 0 Å². The van der Waals surface area contributed by atoms with E-state index >= 15 is 0 Å². The molecule has 7 heteroatoms. The van der Waals surface area contributed by atoms with E-state index in [1.165, 1.54) is 0 Å². The highest BCUT2D eigenvalue weighted by Gasteiger charge is 2.15. The van der Waals surface area contributed by atoms with Crippen molar-refractivity contribution in [2.24, 2.45) is 0 Å². The summed E-state index contributed by atoms with van der Waals surface area (Å²) in [7, 11) is 1.55. The predicted molar refractivity (Wildman–Crippen MR) is 63.9 cm³/mol. The summed E-state index contributed by atoms with van der Waals surface area (Å²) in [6.45, 7) is 1.29. The highest BCUT2D eigenvalue weighted by Crippen LogP contribution is 2.14. The molecule has 0 aliphatic heterocycles. The van der Waals surface area contributed by atoms with Gasteiger partial charge in [0.2, 0.25) is 0 Å². The van der Waals surface area contributed by atoms with Gasteiger partial charge in [-0.2, -0.15) is 0 Å². The first-order valence-electron chi connectivity index (χ1n) is 5.94. The standard InChI is InChI=1S/C13H15F3O4/c1-18-5-6-19-3-2-4-20-13(17)9-7-10(14)12(16)11(15)8-9/h7-8H,2-6H2,1H3. The molecule has 0 unspecified atom stereocenters. The summed E-state index contributed by atoms with van der Waals surface area (Å²) in [6, 6.07) is 1.19. The Bertz CT molecular complexity index is 428. The summed E-state index contributed by atoms with van der Waals surface area (Å²) in [5.41, 5.74) is -0.373. The minimum atomic E-state index is -1.62. The predicted octanol–water partition coefficient (Wildman–Crippen LogP) is 2.31. The summed E-state index contributed by atoms with van der Waals surface area (Å²) < 4.78 is 53.2. The van der Waals surface area contributed by atoms with Gasteiger partial charge in [0.1, 0.15) is 0 Å². The molecule has 4 nitrogen and oxygen atoms in total. The van der Waals surface area contributed by atoms with Crippen molar-refractivity contribution in [1.82, 2.24) is 0 Å². The molecule has 1 aromatic carbocycles. The van der Waals surface area contributed by atoms with Gasteiger partial charge in [0.05, 0.1) is 25.4 Å². The molecule has 112 valence electrons. The molecule has 0 N–H and O–H groups in total. The Morgan fingerprint density at radius 2 is 1.70 bits per heavy atom. The molecule has 0 bridgehead atoms. The minimum Gasteiger partial charge on any atom is -0.462 e. The second-order valence-electron chi connectivity index (χ2n) is 3.85. The summed E-state index contributed by atoms with van der Waals surface area (Å²) >= 11 is 0. The molecule has 0 radical (unpaired) electrons. The molecular weight excluding hydrogens is 277 g/mol. The first kappa shape index (κ1) is 16.5. The Hall–Kier alpha value is -1.60. The highest BCUT2D eigenvalue weighted by atomic mass is 19.2. The van der Waals surface area contributed by atoms with Crippen LogP contribution in [0.15, 0.2) is 12.1 Å². The molecule has 0 saturated heterocycles. The van der Waals surface area contributed by atoms with E-state index in [4.69, 9.17) is 14.2 Å². The van der Waals surface area contributed by atoms with E-state index < -0.39 is 23.4 Å². The number of benzene rings is 1. The lowest BCUT2D eigenvalue weighted by Crippen LogP contribution is -2.11. The number of hydrogen-bond donors (Lipinski definition) is 0. The molecule has 0 aromatic heterocycles. The van der Waals surface area contributed by atoms with Gasteiger partial charge in [-0.3, -0.25) is 0 Å². The summed E-state index contributed by atoms with van der Waals surface area (Å²) in [6.07, 6.45) is 0.432. The monoisotopic (exact) mass is 292 g/mol. The molecule has 1 rings (SSSR count). The van der Waals surface area contributed by atoms with Crippen LogP contribution in [0, 0.1) is 17.5 Å². The van der Waals surface area contributed by atoms with Crippen molar-refractivity contribution in [2.75, 3.05) is 33.5 Å². The fourth-order valence-corrected chi connectivity index (χ4v) is 1.33. The molecule has 0 heterocycles. The van der Waals surface area contributed by atoms with Gasteiger partial charge in [-0.25, -0.2) is 18.0 Å². The fraction of sp³-hybridized carbons (Fsp3) is 0.462. The van der Waals surface area contributed by atoms with Crippen LogP contribution in [0.5, 0.6) is 0 Å². The van der Waals surface area contributed by atoms with Crippen LogP contribution in [0.1, 0.15) is 16.8 Å². The van der Waals surface area contributed by atoms with E-state index in [9.17, 15) is 18.0 Å². The number of carbonyl (C=O) groups excluding carboxylic acids is 1. The second-order valence-corrected chi connectivity index (χ2v) is 3.85. The molecule has 0 fully saturated rings. The van der Waals surface area contributed by atoms with Gasteiger partial charge in [-0.1, -0.05) is 0 Å². The zero-order valence-corrected chi connectivity index (χ0v) is 11.0. The van der Waals surface area contributed by atoms with Crippen LogP contribution in [0.2, 0.25) is 0 Å². The third-order valence-electron chi connectivity index (χ3n) is 2.32. The average Bonchev–Trinajstić information content (AvgIpc) is 2.43. The van der Waals surface area contributed by atoms with Crippen molar-refractivity contribution in [2.45, 2.75) is 6.42 Å². The number of ether oxygens (including phenoxy) is 3. The van der Waals surface area contributed by atoms with Crippen LogP contribution in [0.4, 0.5) is 13.2 Å². The van der Waals surface area contributed by atoms with Crippen molar-refractivity contribution in [1.29, 1.82) is 0 Å². The molecule has 0 spiro atoms. The van der Waals surface area contributed by atoms with Crippen LogP contribution in [0.25, 0.3) is 0 Å². The third-order valence-corrected chi connectivity index (χ3v) is 2.32. The Morgan fingerprint density at radius 3 is 2.30 bits per heavy atom. The number of hydrogen-bond acceptors (Lipinski definition) is 4. The number of esters is 1. The van der Waals surface area contributed by atoms with Gasteiger partial charge < -0.3 is 14.2 Å². The molecule has 0 aliphatic carbocycles. The van der Waals surface area contributed by atoms with Gasteiger partial charge in [-0.05, 0) is 12.1 Å². The molecule has 0 aliphatic rings. The van der Waals surface area contributed by atoms with Crippen LogP contribution >= 0.6 is 0 Å². The molecule has 0 saturated carbocycles. The molecule has 0 amide bonds. The first-order chi connectivity index (χ1) is 9.56. The van der Waals surface area contributed by atoms with Gasteiger partial charge in [0.15, 0.2) is 17.5 Å². The van der Waals surface area contributed by atoms with Crippen molar-refractivity contribution >= 4 is 5.97 Å². The summed E-state index contributed by atoms with van der Waals surface area (Å²) in [5, 5.41) is 0. The Balaban J connectivity index is 2.33. The van der Waals surface area contributed by atoms with Crippen molar-refractivity contribution < 1.29 is 32.2 Å². The van der Waals surface area contributed by atoms with Crippen LogP contribution in [-0.2, 0) is 14.2 Å². The Labute approximate surface area is 114 Å². The van der Waals surface area contributed by atoms with Crippen molar-refractivity contribution in [3.05, 3.63) is 35.1 Å². The summed E-state index contributed by atoms with van der Waals surface area (Å²) in [5.74, 6) is -5.40. The molecule has 1 aromatic rings. The quantitative estimate of drug-likeness (QED) is 0.419. The van der Waals surface area contributed by atoms with E-state index in [1.54, 1.807) is 7.11 Å². The van der Waals surface area contributed by atoms with Gasteiger partial charge >= 0.3 is 5.97 Å². The van der Waals surface area contributed by atoms with E-state index in [1.807, 2.05) is 0 Å². The van der Waals surface area contributed by atoms with Crippen molar-refractivity contribution in [3.63, 3.8) is 0 Å². The minimum absolute atomic E-state index is 0.0342. The maximum atomic E-state index is 12.9. The lowest BCUT2D eigenvalue weighted by molar-refractivity contribution is 0.0384. The Kier molecular flexibility index (Phi) is 7.03. The van der Waals surface area contributed by atoms with Crippen molar-refractivity contribution in [3.8, 4) is 0 Å². The SMILES string of the molecule is COCCOCCCOC(=O)c1cc(F)c(F)c(F)c1. The van der Waals surface area contributed by atoms with E-state index in [2.05, 4.69) is 0 Å². The number of methoxy groups -OCH3 is 1. The fourth-order valence-electron chi connectivity index (χ4n) is 1.33. The maximum absolute atomic E-state index is 12.9. The van der Waals surface area contributed by atoms with E-state index in [-0.39, 0.29) is 12.2 Å². The third kappa shape index (κ3) is 5.18. The normalized spacial score (nSPS) is 10.6. The largest absolute Gasteiger partial charge is 0.462 e. The second kappa shape index (κ2) is 8.55. The van der Waals surface area contributed by atoms with Gasteiger partial charge in [0, 0.05) is 20.1 Å². The lowest BCUT2D eigenvalue weighted by Gasteiger charge is -2.06. The summed E-state index contributed by atoms with van der Waals surface area (Å²) in [4.78, 5) is 11.5. The maximum Gasteiger partial charge on any atom is 0.338 e. The Morgan fingerprint density at radius 1 is 1.05 bits per heavy atom. The number of halogens is 3. The van der Waals surface area contributed by atoms with E-state index in [0.29, 0.717) is 38.4 Å². The average molecular weight is 292 g/mol. The highest BCUT2D eigenvalue weighted by molar-refractivity contribution is 5.89. The molecule has 20 heavy (non-hydrogen) atoms.